The Labute approximate surface area is 136 Å². The van der Waals surface area contributed by atoms with E-state index in [1.165, 1.54) is 0 Å². The van der Waals surface area contributed by atoms with Crippen LogP contribution in [0.4, 0.5) is 52.7 Å². The molecule has 0 fully saturated rings. The van der Waals surface area contributed by atoms with Crippen LogP contribution in [0.15, 0.2) is 24.3 Å². The van der Waals surface area contributed by atoms with Crippen LogP contribution >= 0.6 is 11.6 Å². The minimum atomic E-state index is -7.52. The highest BCUT2D eigenvalue weighted by atomic mass is 35.5. The minimum Gasteiger partial charge on any atom is -0.241 e. The van der Waals surface area contributed by atoms with Crippen LogP contribution in [0, 0.1) is 5.41 Å². The van der Waals surface area contributed by atoms with Crippen LogP contribution in [0.3, 0.4) is 0 Å². The summed E-state index contributed by atoms with van der Waals surface area (Å²) in [4.78, 5) is 0. The second kappa shape index (κ2) is 6.13. The van der Waals surface area contributed by atoms with Crippen LogP contribution in [0.1, 0.15) is 11.7 Å². The fourth-order valence-electron chi connectivity index (χ4n) is 2.07. The van der Waals surface area contributed by atoms with Crippen molar-refractivity contribution in [2.24, 2.45) is 5.41 Å². The molecule has 0 aliphatic rings. The molecule has 0 N–H and O–H groups in total. The first-order valence-corrected chi connectivity index (χ1v) is 6.26. The minimum absolute atomic E-state index is 0.145. The highest BCUT2D eigenvalue weighted by Crippen LogP contribution is 2.68. The van der Waals surface area contributed by atoms with Crippen LogP contribution in [0.5, 0.6) is 0 Å². The van der Waals surface area contributed by atoms with Crippen molar-refractivity contribution in [1.82, 2.24) is 0 Å². The number of hydrogen-bond donors (Lipinski definition) is 0. The summed E-state index contributed by atoms with van der Waals surface area (Å²) in [6, 6.07) is 1.36. The zero-order chi connectivity index (χ0) is 20.1. The van der Waals surface area contributed by atoms with Crippen LogP contribution in [0.2, 0.25) is 5.02 Å². The maximum absolute atomic E-state index is 14.1. The molecule has 0 nitrogen and oxygen atoms in total. The van der Waals surface area contributed by atoms with Gasteiger partial charge in [0.25, 0.3) is 5.41 Å². The summed E-state index contributed by atoms with van der Waals surface area (Å²) in [5, 5.41) is -0.330. The van der Waals surface area contributed by atoms with E-state index in [-0.39, 0.29) is 17.2 Å². The molecule has 0 radical (unpaired) electrons. The average molecular weight is 413 g/mol. The van der Waals surface area contributed by atoms with Gasteiger partial charge in [0.2, 0.25) is 0 Å². The van der Waals surface area contributed by atoms with Gasteiger partial charge in [-0.25, -0.2) is 4.39 Å². The number of alkyl halides is 12. The third-order valence-electron chi connectivity index (χ3n) is 3.29. The summed E-state index contributed by atoms with van der Waals surface area (Å²) in [7, 11) is 0. The topological polar surface area (TPSA) is 0 Å². The van der Waals surface area contributed by atoms with Gasteiger partial charge in [0, 0.05) is 5.02 Å². The van der Waals surface area contributed by atoms with Gasteiger partial charge in [-0.05, 0) is 17.7 Å². The van der Waals surface area contributed by atoms with Crippen molar-refractivity contribution in [2.75, 3.05) is 0 Å². The molecule has 0 bridgehead atoms. The maximum Gasteiger partial charge on any atom is 0.454 e. The van der Waals surface area contributed by atoms with Gasteiger partial charge in [0.1, 0.15) is 0 Å². The van der Waals surface area contributed by atoms with Crippen molar-refractivity contribution < 1.29 is 52.7 Å². The highest BCUT2D eigenvalue weighted by Gasteiger charge is 2.92. The van der Waals surface area contributed by atoms with E-state index in [0.717, 1.165) is 0 Å². The zero-order valence-corrected chi connectivity index (χ0v) is 12.1. The smallest absolute Gasteiger partial charge is 0.241 e. The molecule has 1 aromatic rings. The lowest BCUT2D eigenvalue weighted by molar-refractivity contribution is -0.462. The predicted octanol–water partition coefficient (Wildman–Crippen LogP) is 6.66. The van der Waals surface area contributed by atoms with Gasteiger partial charge in [0.05, 0.1) is 0 Å². The molecule has 0 heterocycles. The fourth-order valence-corrected chi connectivity index (χ4v) is 2.19. The van der Waals surface area contributed by atoms with Crippen LogP contribution < -0.4 is 0 Å². The molecular weight excluding hydrogens is 408 g/mol. The van der Waals surface area contributed by atoms with E-state index in [1.807, 2.05) is 0 Å². The van der Waals surface area contributed by atoms with Crippen LogP contribution in [-0.2, 0) is 0 Å². The molecule has 0 aromatic heterocycles. The summed E-state index contributed by atoms with van der Waals surface area (Å²) in [5.41, 5.74) is -8.76. The number of rotatable bonds is 3. The molecule has 0 saturated heterocycles. The first-order chi connectivity index (χ1) is 10.9. The molecule has 0 amide bonds. The van der Waals surface area contributed by atoms with Crippen molar-refractivity contribution in [1.29, 1.82) is 0 Å². The van der Waals surface area contributed by atoms with Crippen molar-refractivity contribution in [3.05, 3.63) is 34.9 Å². The molecule has 144 valence electrons. The normalized spacial score (nSPS) is 16.0. The Balaban J connectivity index is 3.88. The Kier molecular flexibility index (Phi) is 5.32. The average Bonchev–Trinajstić information content (AvgIpc) is 2.34. The van der Waals surface area contributed by atoms with Gasteiger partial charge in [-0.3, -0.25) is 0 Å². The SMILES string of the molecule is FC(c1ccc(Cl)cc1)C(C(F)(F)F)(C(F)(F)F)C(F)(F)C(F)(F)F. The summed E-state index contributed by atoms with van der Waals surface area (Å²) < 4.78 is 156. The lowest BCUT2D eigenvalue weighted by Gasteiger charge is -2.44. The second-order valence-corrected chi connectivity index (χ2v) is 5.23. The largest absolute Gasteiger partial charge is 0.454 e. The van der Waals surface area contributed by atoms with Crippen molar-refractivity contribution in [3.63, 3.8) is 0 Å². The predicted molar refractivity (Wildman–Crippen MR) is 60.8 cm³/mol. The molecule has 25 heavy (non-hydrogen) atoms. The first kappa shape index (κ1) is 21.7. The van der Waals surface area contributed by atoms with E-state index in [2.05, 4.69) is 0 Å². The summed E-state index contributed by atoms with van der Waals surface area (Å²) in [6.07, 6.45) is -26.8. The van der Waals surface area contributed by atoms with Crippen LogP contribution in [-0.4, -0.2) is 24.5 Å². The van der Waals surface area contributed by atoms with Crippen molar-refractivity contribution in [2.45, 2.75) is 30.6 Å². The molecule has 0 aliphatic heterocycles. The van der Waals surface area contributed by atoms with E-state index >= 15 is 0 Å². The molecular formula is C12H5ClF12. The molecule has 1 aromatic carbocycles. The fraction of sp³-hybridized carbons (Fsp3) is 0.500. The maximum atomic E-state index is 14.1. The molecule has 13 heteroatoms. The Morgan fingerprint density at radius 1 is 0.640 bits per heavy atom. The quantitative estimate of drug-likeness (QED) is 0.487. The third-order valence-corrected chi connectivity index (χ3v) is 3.54. The molecule has 1 atom stereocenters. The lowest BCUT2D eigenvalue weighted by atomic mass is 9.72. The Hall–Kier alpha value is -1.33. The van der Waals surface area contributed by atoms with Crippen molar-refractivity contribution in [3.8, 4) is 0 Å². The van der Waals surface area contributed by atoms with Gasteiger partial charge in [-0.1, -0.05) is 23.7 Å². The monoisotopic (exact) mass is 412 g/mol. The van der Waals surface area contributed by atoms with Crippen LogP contribution in [0.25, 0.3) is 0 Å². The molecule has 1 unspecified atom stereocenters. The van der Waals surface area contributed by atoms with E-state index in [9.17, 15) is 52.7 Å². The zero-order valence-electron chi connectivity index (χ0n) is 11.3. The van der Waals surface area contributed by atoms with Gasteiger partial charge >= 0.3 is 24.5 Å². The van der Waals surface area contributed by atoms with E-state index in [1.54, 1.807) is 0 Å². The van der Waals surface area contributed by atoms with E-state index < -0.39 is 41.6 Å². The molecule has 1 rings (SSSR count). The highest BCUT2D eigenvalue weighted by molar-refractivity contribution is 6.30. The number of hydrogen-bond acceptors (Lipinski definition) is 0. The molecule has 0 aliphatic carbocycles. The Morgan fingerprint density at radius 2 is 1.00 bits per heavy atom. The number of benzene rings is 1. The summed E-state index contributed by atoms with van der Waals surface area (Å²) in [6.45, 7) is 0. The van der Waals surface area contributed by atoms with E-state index in [4.69, 9.17) is 11.6 Å². The third kappa shape index (κ3) is 3.24. The first-order valence-electron chi connectivity index (χ1n) is 5.88. The molecule has 0 saturated carbocycles. The van der Waals surface area contributed by atoms with E-state index in [0.29, 0.717) is 12.1 Å². The summed E-state index contributed by atoms with van der Waals surface area (Å²) >= 11 is 5.28. The standard InChI is InChI=1S/C12H5ClF12/c13-6-3-1-5(2-4-6)7(14)8(10(17,18)19,11(20,21)22)9(15,16)12(23,24)25/h1-4,7H. The van der Waals surface area contributed by atoms with Crippen molar-refractivity contribution >= 4 is 11.6 Å². The Morgan fingerprint density at radius 3 is 1.28 bits per heavy atom. The van der Waals surface area contributed by atoms with Gasteiger partial charge < -0.3 is 0 Å². The van der Waals surface area contributed by atoms with Gasteiger partial charge in [-0.15, -0.1) is 0 Å². The van der Waals surface area contributed by atoms with Gasteiger partial charge in [-0.2, -0.15) is 48.3 Å². The second-order valence-electron chi connectivity index (χ2n) is 4.79. The lowest BCUT2D eigenvalue weighted by Crippen LogP contribution is -2.68. The summed E-state index contributed by atoms with van der Waals surface area (Å²) in [5.74, 6) is -7.52. The Bertz CT molecular complexity index is 580. The number of halogens is 13. The van der Waals surface area contributed by atoms with Gasteiger partial charge in [0.15, 0.2) is 6.17 Å². The molecule has 0 spiro atoms.